The highest BCUT2D eigenvalue weighted by Crippen LogP contribution is 2.50. The number of amides is 3. The number of ketones is 1. The van der Waals surface area contributed by atoms with Crippen LogP contribution in [-0.4, -0.2) is 56.2 Å². The van der Waals surface area contributed by atoms with Crippen LogP contribution in [0.1, 0.15) is 27.4 Å². The van der Waals surface area contributed by atoms with Gasteiger partial charge in [0.1, 0.15) is 11.9 Å². The van der Waals surface area contributed by atoms with E-state index in [1.165, 1.54) is 0 Å². The number of ether oxygens (including phenoxy) is 2. The summed E-state index contributed by atoms with van der Waals surface area (Å²) in [5, 5.41) is 5.84. The van der Waals surface area contributed by atoms with E-state index in [0.717, 1.165) is 11.1 Å². The second-order valence-electron chi connectivity index (χ2n) is 7.98. The average Bonchev–Trinajstić information content (AvgIpc) is 3.09. The Bertz CT molecular complexity index is 1160. The molecule has 32 heavy (non-hydrogen) atoms. The zero-order valence-corrected chi connectivity index (χ0v) is 17.8. The monoisotopic (exact) mass is 433 g/mol. The van der Waals surface area contributed by atoms with E-state index in [4.69, 9.17) is 9.47 Å². The molecule has 1 aliphatic carbocycles. The summed E-state index contributed by atoms with van der Waals surface area (Å²) < 4.78 is 10.8. The van der Waals surface area contributed by atoms with E-state index in [-0.39, 0.29) is 5.78 Å². The number of benzene rings is 2. The molecule has 0 radical (unpaired) electrons. The fraction of sp³-hybridized carbons (Fsp3) is 0.292. The molecule has 164 valence electrons. The second-order valence-corrected chi connectivity index (χ2v) is 7.98. The summed E-state index contributed by atoms with van der Waals surface area (Å²) in [5.41, 5.74) is 3.27. The van der Waals surface area contributed by atoms with Gasteiger partial charge in [0.25, 0.3) is 0 Å². The minimum atomic E-state index is -0.724. The van der Waals surface area contributed by atoms with E-state index < -0.39 is 29.9 Å². The molecule has 1 fully saturated rings. The van der Waals surface area contributed by atoms with E-state index in [0.29, 0.717) is 35.7 Å². The van der Waals surface area contributed by atoms with Crippen molar-refractivity contribution in [2.75, 3.05) is 27.4 Å². The molecule has 5 rings (SSSR count). The van der Waals surface area contributed by atoms with Gasteiger partial charge in [-0.25, -0.2) is 4.79 Å². The van der Waals surface area contributed by atoms with Crippen molar-refractivity contribution in [1.29, 1.82) is 0 Å². The van der Waals surface area contributed by atoms with Crippen LogP contribution in [0.4, 0.5) is 4.79 Å². The van der Waals surface area contributed by atoms with Gasteiger partial charge >= 0.3 is 6.03 Å². The number of nitrogens with zero attached hydrogens (tertiary/aromatic N) is 1. The van der Waals surface area contributed by atoms with Crippen LogP contribution in [-0.2, 0) is 9.53 Å². The summed E-state index contributed by atoms with van der Waals surface area (Å²) in [7, 11) is 3.12. The van der Waals surface area contributed by atoms with Crippen molar-refractivity contribution < 1.29 is 23.9 Å². The number of hydrogen-bond donors (Lipinski definition) is 2. The van der Waals surface area contributed by atoms with Crippen LogP contribution in [0.2, 0.25) is 0 Å². The Morgan fingerprint density at radius 3 is 2.44 bits per heavy atom. The first-order valence-electron chi connectivity index (χ1n) is 10.4. The highest BCUT2D eigenvalue weighted by atomic mass is 16.5. The van der Waals surface area contributed by atoms with Crippen LogP contribution < -0.4 is 15.4 Å². The number of rotatable bonds is 5. The molecule has 0 spiro atoms. The molecule has 3 atom stereocenters. The molecule has 3 unspecified atom stereocenters. The molecular weight excluding hydrogens is 410 g/mol. The lowest BCUT2D eigenvalue weighted by atomic mass is 9.73. The summed E-state index contributed by atoms with van der Waals surface area (Å²) in [4.78, 5) is 41.0. The van der Waals surface area contributed by atoms with Gasteiger partial charge in [-0.1, -0.05) is 42.5 Å². The van der Waals surface area contributed by atoms with Crippen molar-refractivity contribution in [3.63, 3.8) is 0 Å². The third kappa shape index (κ3) is 2.90. The highest BCUT2D eigenvalue weighted by Gasteiger charge is 2.54. The van der Waals surface area contributed by atoms with Crippen LogP contribution in [0.15, 0.2) is 54.1 Å². The van der Waals surface area contributed by atoms with Crippen LogP contribution in [0.5, 0.6) is 5.75 Å². The summed E-state index contributed by atoms with van der Waals surface area (Å²) in [5.74, 6) is -1.27. The number of fused-ring (bicyclic) bond motifs is 3. The SMILES string of the molecule is COCCN1C(=O)NC(=O)C2C(c3ccccc3OC)C3=C(NC21)c1ccccc1C3=O. The van der Waals surface area contributed by atoms with Gasteiger partial charge in [-0.3, -0.25) is 14.9 Å². The zero-order valence-electron chi connectivity index (χ0n) is 17.8. The number of hydrogen-bond acceptors (Lipinski definition) is 6. The minimum Gasteiger partial charge on any atom is -0.496 e. The van der Waals surface area contributed by atoms with Crippen molar-refractivity contribution in [2.24, 2.45) is 5.92 Å². The molecule has 1 saturated heterocycles. The molecule has 8 nitrogen and oxygen atoms in total. The summed E-state index contributed by atoms with van der Waals surface area (Å²) in [6.45, 7) is 0.605. The number of para-hydroxylation sites is 1. The first-order valence-corrected chi connectivity index (χ1v) is 10.4. The Labute approximate surface area is 185 Å². The van der Waals surface area contributed by atoms with E-state index >= 15 is 0 Å². The highest BCUT2D eigenvalue weighted by molar-refractivity contribution is 6.22. The number of methoxy groups -OCH3 is 2. The van der Waals surface area contributed by atoms with Gasteiger partial charge in [0.05, 0.1) is 25.3 Å². The molecule has 3 amide bonds. The lowest BCUT2D eigenvalue weighted by Gasteiger charge is -2.47. The second kappa shape index (κ2) is 7.80. The predicted molar refractivity (Wildman–Crippen MR) is 116 cm³/mol. The van der Waals surface area contributed by atoms with Gasteiger partial charge in [-0.15, -0.1) is 0 Å². The molecule has 3 aliphatic rings. The molecule has 2 heterocycles. The maximum Gasteiger partial charge on any atom is 0.325 e. The standard InChI is InChI=1S/C24H23N3O5/c1-31-12-11-27-22-19(23(29)26-24(27)30)17(15-9-5-6-10-16(15)32-2)18-20(25-22)13-7-3-4-8-14(13)21(18)28/h3-10,17,19,22,25H,11-12H2,1-2H3,(H,26,29,30). The van der Waals surface area contributed by atoms with Crippen LogP contribution >= 0.6 is 0 Å². The van der Waals surface area contributed by atoms with Crippen molar-refractivity contribution >= 4 is 23.4 Å². The average molecular weight is 433 g/mol. The lowest BCUT2D eigenvalue weighted by Crippen LogP contribution is -2.67. The van der Waals surface area contributed by atoms with Crippen molar-refractivity contribution in [3.8, 4) is 5.75 Å². The lowest BCUT2D eigenvalue weighted by molar-refractivity contribution is -0.129. The molecule has 2 N–H and O–H groups in total. The molecule has 0 aromatic heterocycles. The van der Waals surface area contributed by atoms with Crippen LogP contribution in [0, 0.1) is 5.92 Å². The maximum atomic E-state index is 13.5. The largest absolute Gasteiger partial charge is 0.496 e. The summed E-state index contributed by atoms with van der Waals surface area (Å²) in [6.07, 6.45) is -0.640. The van der Waals surface area contributed by atoms with E-state index in [2.05, 4.69) is 10.6 Å². The third-order valence-corrected chi connectivity index (χ3v) is 6.40. The van der Waals surface area contributed by atoms with Gasteiger partial charge in [0.2, 0.25) is 5.91 Å². The van der Waals surface area contributed by atoms with Gasteiger partial charge in [-0.05, 0) is 6.07 Å². The Morgan fingerprint density at radius 2 is 1.69 bits per heavy atom. The molecule has 0 saturated carbocycles. The smallest absolute Gasteiger partial charge is 0.325 e. The van der Waals surface area contributed by atoms with Crippen LogP contribution in [0.3, 0.4) is 0 Å². The van der Waals surface area contributed by atoms with E-state index in [1.807, 2.05) is 42.5 Å². The normalized spacial score (nSPS) is 23.9. The number of nitrogens with one attached hydrogen (secondary N) is 2. The minimum absolute atomic E-state index is 0.120. The van der Waals surface area contributed by atoms with E-state index in [9.17, 15) is 14.4 Å². The first kappa shape index (κ1) is 20.3. The molecule has 0 bridgehead atoms. The van der Waals surface area contributed by atoms with Gasteiger partial charge in [-0.2, -0.15) is 0 Å². The first-order chi connectivity index (χ1) is 15.6. The fourth-order valence-electron chi connectivity index (χ4n) is 5.01. The Morgan fingerprint density at radius 1 is 0.969 bits per heavy atom. The number of urea groups is 1. The number of imide groups is 1. The van der Waals surface area contributed by atoms with Gasteiger partial charge in [0.15, 0.2) is 5.78 Å². The molecule has 2 aromatic rings. The van der Waals surface area contributed by atoms with Crippen molar-refractivity contribution in [3.05, 3.63) is 70.8 Å². The Hall–Kier alpha value is -3.65. The number of allylic oxidation sites excluding steroid dienone is 1. The van der Waals surface area contributed by atoms with Crippen molar-refractivity contribution in [1.82, 2.24) is 15.5 Å². The van der Waals surface area contributed by atoms with E-state index in [1.54, 1.807) is 25.2 Å². The number of carbonyl (C=O) groups excluding carboxylic acids is 3. The maximum absolute atomic E-state index is 13.5. The van der Waals surface area contributed by atoms with Gasteiger partial charge in [0, 0.05) is 41.8 Å². The number of carbonyl (C=O) groups is 3. The summed E-state index contributed by atoms with van der Waals surface area (Å²) in [6, 6.07) is 14.3. The molecule has 8 heteroatoms. The molecule has 2 aliphatic heterocycles. The molecular formula is C24H23N3O5. The molecule has 2 aromatic carbocycles. The quantitative estimate of drug-likeness (QED) is 0.750. The van der Waals surface area contributed by atoms with Gasteiger partial charge < -0.3 is 19.7 Å². The summed E-state index contributed by atoms with van der Waals surface area (Å²) >= 11 is 0. The topological polar surface area (TPSA) is 97.0 Å². The van der Waals surface area contributed by atoms with Crippen molar-refractivity contribution in [2.45, 2.75) is 12.1 Å². The zero-order chi connectivity index (χ0) is 22.4. The Kier molecular flexibility index (Phi) is 4.94. The Balaban J connectivity index is 1.73. The predicted octanol–water partition coefficient (Wildman–Crippen LogP) is 2.13. The fourth-order valence-corrected chi connectivity index (χ4v) is 5.01. The number of Topliss-reactive ketones (excluding diaryl/α,β-unsaturated/α-hetero) is 1. The third-order valence-electron chi connectivity index (χ3n) is 6.40. The van der Waals surface area contributed by atoms with Crippen LogP contribution in [0.25, 0.3) is 5.70 Å².